The topological polar surface area (TPSA) is 56.5 Å². The highest BCUT2D eigenvalue weighted by molar-refractivity contribution is 6.24. The predicted molar refractivity (Wildman–Crippen MR) is 123 cm³/mol. The molecule has 0 aliphatic carbocycles. The van der Waals surface area contributed by atoms with Crippen molar-refractivity contribution in [2.45, 2.75) is 0 Å². The normalized spacial score (nSPS) is 12.5. The van der Waals surface area contributed by atoms with E-state index in [4.69, 9.17) is 8.83 Å². The molecule has 0 saturated heterocycles. The highest BCUT2D eigenvalue weighted by Crippen LogP contribution is 2.41. The summed E-state index contributed by atoms with van der Waals surface area (Å²) in [7, 11) is 0. The third kappa shape index (κ3) is 1.78. The Hall–Kier alpha value is -4.38. The minimum absolute atomic E-state index is 0.774. The number of para-hydroxylation sites is 1. The minimum Gasteiger partial charge on any atom is -0.452 e. The van der Waals surface area contributed by atoms with E-state index in [9.17, 15) is 0 Å². The molecule has 8 rings (SSSR count). The lowest BCUT2D eigenvalue weighted by atomic mass is 10.0. The number of furan rings is 2. The molecule has 5 nitrogen and oxygen atoms in total. The summed E-state index contributed by atoms with van der Waals surface area (Å²) < 4.78 is 14.9. The minimum atomic E-state index is 0.774. The Morgan fingerprint density at radius 1 is 0.613 bits per heavy atom. The largest absolute Gasteiger partial charge is 0.452 e. The molecular formula is C26H13N3O2. The third-order valence-electron chi connectivity index (χ3n) is 6.36. The van der Waals surface area contributed by atoms with Gasteiger partial charge in [0.2, 0.25) is 0 Å². The van der Waals surface area contributed by atoms with Gasteiger partial charge in [-0.1, -0.05) is 24.3 Å². The van der Waals surface area contributed by atoms with Gasteiger partial charge in [0.15, 0.2) is 16.7 Å². The first-order valence-electron chi connectivity index (χ1n) is 10.2. The van der Waals surface area contributed by atoms with Crippen LogP contribution in [0.15, 0.2) is 88.2 Å². The summed E-state index contributed by atoms with van der Waals surface area (Å²) in [5, 5.41) is 7.48. The van der Waals surface area contributed by atoms with Crippen LogP contribution in [0.25, 0.3) is 71.2 Å². The van der Waals surface area contributed by atoms with Gasteiger partial charge in [-0.15, -0.1) is 0 Å². The number of hydrogen-bond donors (Lipinski definition) is 0. The summed E-state index contributed by atoms with van der Waals surface area (Å²) in [6.07, 6.45) is 7.52. The molecule has 31 heavy (non-hydrogen) atoms. The second kappa shape index (κ2) is 5.21. The Bertz CT molecular complexity index is 2010. The number of aromatic nitrogens is 3. The van der Waals surface area contributed by atoms with E-state index in [1.165, 1.54) is 0 Å². The van der Waals surface area contributed by atoms with Gasteiger partial charge >= 0.3 is 0 Å². The molecule has 144 valence electrons. The zero-order valence-electron chi connectivity index (χ0n) is 16.2. The zero-order valence-corrected chi connectivity index (χ0v) is 16.2. The Kier molecular flexibility index (Phi) is 2.60. The van der Waals surface area contributed by atoms with Crippen molar-refractivity contribution in [1.29, 1.82) is 0 Å². The van der Waals surface area contributed by atoms with Crippen LogP contribution in [0.1, 0.15) is 0 Å². The van der Waals surface area contributed by atoms with E-state index in [-0.39, 0.29) is 0 Å². The van der Waals surface area contributed by atoms with E-state index in [0.717, 1.165) is 71.2 Å². The van der Waals surface area contributed by atoms with E-state index in [2.05, 4.69) is 44.7 Å². The van der Waals surface area contributed by atoms with Gasteiger partial charge in [-0.05, 0) is 30.3 Å². The average Bonchev–Trinajstić information content (AvgIpc) is 3.53. The molecule has 0 bridgehead atoms. The van der Waals surface area contributed by atoms with Gasteiger partial charge in [-0.3, -0.25) is 9.38 Å². The summed E-state index contributed by atoms with van der Waals surface area (Å²) in [6, 6.07) is 18.6. The van der Waals surface area contributed by atoms with Crippen molar-refractivity contribution >= 4 is 71.2 Å². The second-order valence-electron chi connectivity index (χ2n) is 7.90. The maximum Gasteiger partial charge on any atom is 0.178 e. The standard InChI is InChI=1S/C26H13N3O2/c1-2-4-21-14(3-1)16-7-8-18-17-6-5-15-20-13-27-10-9-19(20)26-28-11-12-29(26)22(15)23(17)31-25(18)24(16)30-21/h1-13H. The molecule has 0 fully saturated rings. The van der Waals surface area contributed by atoms with Gasteiger partial charge in [0.05, 0.1) is 5.52 Å². The number of hydrogen-bond acceptors (Lipinski definition) is 4. The smallest absolute Gasteiger partial charge is 0.178 e. The van der Waals surface area contributed by atoms with Crippen LogP contribution < -0.4 is 0 Å². The fraction of sp³-hybridized carbons (Fsp3) is 0. The predicted octanol–water partition coefficient (Wildman–Crippen LogP) is 6.83. The molecule has 3 aromatic carbocycles. The van der Waals surface area contributed by atoms with Crippen molar-refractivity contribution in [1.82, 2.24) is 14.4 Å². The van der Waals surface area contributed by atoms with Gasteiger partial charge in [0.25, 0.3) is 0 Å². The SMILES string of the molecule is c1ccc2c(c1)oc1c2ccc2c3ccc4c5cnccc5c5nccn5c4c3oc21. The maximum atomic E-state index is 6.57. The first-order chi connectivity index (χ1) is 15.4. The summed E-state index contributed by atoms with van der Waals surface area (Å²) in [5.41, 5.74) is 5.14. The molecule has 0 spiro atoms. The highest BCUT2D eigenvalue weighted by atomic mass is 16.4. The molecule has 0 aliphatic heterocycles. The van der Waals surface area contributed by atoms with E-state index in [1.807, 2.05) is 42.9 Å². The lowest BCUT2D eigenvalue weighted by Crippen LogP contribution is -1.91. The molecule has 5 aromatic heterocycles. The highest BCUT2D eigenvalue weighted by Gasteiger charge is 2.19. The van der Waals surface area contributed by atoms with Crippen molar-refractivity contribution < 1.29 is 8.83 Å². The Morgan fingerprint density at radius 3 is 2.32 bits per heavy atom. The first kappa shape index (κ1) is 15.5. The Labute approximate surface area is 174 Å². The second-order valence-corrected chi connectivity index (χ2v) is 7.90. The number of nitrogens with zero attached hydrogens (tertiary/aromatic N) is 3. The number of fused-ring (bicyclic) bond motifs is 14. The van der Waals surface area contributed by atoms with Crippen molar-refractivity contribution in [3.8, 4) is 0 Å². The van der Waals surface area contributed by atoms with Crippen molar-refractivity contribution in [3.05, 3.63) is 79.4 Å². The van der Waals surface area contributed by atoms with E-state index < -0.39 is 0 Å². The lowest BCUT2D eigenvalue weighted by molar-refractivity contribution is 0.634. The van der Waals surface area contributed by atoms with Crippen LogP contribution in [0.5, 0.6) is 0 Å². The van der Waals surface area contributed by atoms with Gasteiger partial charge < -0.3 is 8.83 Å². The summed E-state index contributed by atoms with van der Waals surface area (Å²) in [4.78, 5) is 8.97. The van der Waals surface area contributed by atoms with Crippen molar-refractivity contribution in [2.24, 2.45) is 0 Å². The Morgan fingerprint density at radius 2 is 1.39 bits per heavy atom. The zero-order chi connectivity index (χ0) is 20.1. The van der Waals surface area contributed by atoms with E-state index >= 15 is 0 Å². The molecule has 0 amide bonds. The molecule has 8 aromatic rings. The molecular weight excluding hydrogens is 386 g/mol. The fourth-order valence-electron chi connectivity index (χ4n) is 5.01. The maximum absolute atomic E-state index is 6.57. The van der Waals surface area contributed by atoms with Gasteiger partial charge in [0.1, 0.15) is 11.2 Å². The molecule has 0 unspecified atom stereocenters. The van der Waals surface area contributed by atoms with Crippen molar-refractivity contribution in [2.75, 3.05) is 0 Å². The van der Waals surface area contributed by atoms with Gasteiger partial charge in [-0.2, -0.15) is 0 Å². The van der Waals surface area contributed by atoms with Gasteiger partial charge in [0, 0.05) is 62.5 Å². The monoisotopic (exact) mass is 399 g/mol. The van der Waals surface area contributed by atoms with Crippen LogP contribution in [0.3, 0.4) is 0 Å². The third-order valence-corrected chi connectivity index (χ3v) is 6.36. The number of pyridine rings is 2. The summed E-state index contributed by atoms with van der Waals surface area (Å²) in [6.45, 7) is 0. The number of imidazole rings is 1. The van der Waals surface area contributed by atoms with Crippen LogP contribution in [0.2, 0.25) is 0 Å². The number of benzene rings is 3. The summed E-state index contributed by atoms with van der Waals surface area (Å²) in [5.74, 6) is 0. The van der Waals surface area contributed by atoms with Crippen LogP contribution in [0.4, 0.5) is 0 Å². The molecule has 0 saturated carbocycles. The van der Waals surface area contributed by atoms with E-state index in [1.54, 1.807) is 6.20 Å². The van der Waals surface area contributed by atoms with Crippen LogP contribution in [0, 0.1) is 0 Å². The van der Waals surface area contributed by atoms with Crippen LogP contribution >= 0.6 is 0 Å². The van der Waals surface area contributed by atoms with Crippen LogP contribution in [-0.4, -0.2) is 14.4 Å². The molecule has 0 N–H and O–H groups in total. The molecule has 5 heterocycles. The summed E-state index contributed by atoms with van der Waals surface area (Å²) >= 11 is 0. The quantitative estimate of drug-likeness (QED) is 0.262. The fourth-order valence-corrected chi connectivity index (χ4v) is 5.01. The first-order valence-corrected chi connectivity index (χ1v) is 10.2. The molecule has 0 atom stereocenters. The lowest BCUT2D eigenvalue weighted by Gasteiger charge is -2.08. The van der Waals surface area contributed by atoms with Crippen molar-refractivity contribution in [3.63, 3.8) is 0 Å². The molecule has 0 aliphatic rings. The number of rotatable bonds is 0. The average molecular weight is 399 g/mol. The van der Waals surface area contributed by atoms with Crippen LogP contribution in [-0.2, 0) is 0 Å². The van der Waals surface area contributed by atoms with E-state index in [0.29, 0.717) is 0 Å². The molecule has 5 heteroatoms. The molecule has 0 radical (unpaired) electrons. The Balaban J connectivity index is 1.65. The van der Waals surface area contributed by atoms with Gasteiger partial charge in [-0.25, -0.2) is 4.98 Å².